The molecule has 0 aromatic heterocycles. The van der Waals surface area contributed by atoms with Gasteiger partial charge in [-0.3, -0.25) is 15.0 Å². The summed E-state index contributed by atoms with van der Waals surface area (Å²) in [4.78, 5) is 12.9. The second-order valence-electron chi connectivity index (χ2n) is 4.91. The van der Waals surface area contributed by atoms with Crippen molar-refractivity contribution in [1.29, 1.82) is 0 Å². The van der Waals surface area contributed by atoms with E-state index < -0.39 is 0 Å². The molecule has 1 rings (SSSR count). The van der Waals surface area contributed by atoms with Crippen LogP contribution in [-0.4, -0.2) is 29.5 Å². The van der Waals surface area contributed by atoms with Crippen molar-refractivity contribution in [1.82, 2.24) is 4.90 Å². The molecule has 1 N–H and O–H groups in total. The average molecular weight is 279 g/mol. The van der Waals surface area contributed by atoms with Crippen molar-refractivity contribution < 1.29 is 4.92 Å². The van der Waals surface area contributed by atoms with Gasteiger partial charge in [-0.05, 0) is 44.5 Å². The van der Waals surface area contributed by atoms with E-state index in [0.29, 0.717) is 0 Å². The van der Waals surface area contributed by atoms with Gasteiger partial charge in [0.25, 0.3) is 5.69 Å². The minimum Gasteiger partial charge on any atom is -0.385 e. The number of benzene rings is 1. The zero-order valence-electron chi connectivity index (χ0n) is 12.7. The van der Waals surface area contributed by atoms with Gasteiger partial charge >= 0.3 is 0 Å². The average Bonchev–Trinajstić information content (AvgIpc) is 2.41. The molecule has 0 radical (unpaired) electrons. The van der Waals surface area contributed by atoms with Crippen LogP contribution in [0.4, 0.5) is 11.4 Å². The standard InChI is InChI=1S/C15H25N3O2/c1-4-9-17(10-5-2)12-13-11-14(18(19)20)7-8-15(13)16-6-3/h7-8,11,16H,4-6,9-10,12H2,1-3H3. The summed E-state index contributed by atoms with van der Waals surface area (Å²) < 4.78 is 0. The molecule has 0 spiro atoms. The molecule has 112 valence electrons. The molecular formula is C15H25N3O2. The molecular weight excluding hydrogens is 254 g/mol. The van der Waals surface area contributed by atoms with Crippen LogP contribution in [0.2, 0.25) is 0 Å². The monoisotopic (exact) mass is 279 g/mol. The summed E-state index contributed by atoms with van der Waals surface area (Å²) in [6.07, 6.45) is 2.18. The van der Waals surface area contributed by atoms with Crippen molar-refractivity contribution in [3.05, 3.63) is 33.9 Å². The first kappa shape index (κ1) is 16.4. The lowest BCUT2D eigenvalue weighted by Crippen LogP contribution is -2.25. The highest BCUT2D eigenvalue weighted by atomic mass is 16.6. The van der Waals surface area contributed by atoms with Crippen LogP contribution in [0.25, 0.3) is 0 Å². The highest BCUT2D eigenvalue weighted by Crippen LogP contribution is 2.23. The maximum atomic E-state index is 10.9. The SMILES string of the molecule is CCCN(CCC)Cc1cc([N+](=O)[O-])ccc1NCC. The lowest BCUT2D eigenvalue weighted by atomic mass is 10.1. The van der Waals surface area contributed by atoms with Gasteiger partial charge in [0.1, 0.15) is 0 Å². The van der Waals surface area contributed by atoms with Crippen LogP contribution >= 0.6 is 0 Å². The molecule has 0 amide bonds. The van der Waals surface area contributed by atoms with E-state index in [-0.39, 0.29) is 10.6 Å². The summed E-state index contributed by atoms with van der Waals surface area (Å²) in [5.74, 6) is 0. The van der Waals surface area contributed by atoms with Crippen molar-refractivity contribution in [2.75, 3.05) is 25.0 Å². The Kier molecular flexibility index (Phi) is 7.01. The largest absolute Gasteiger partial charge is 0.385 e. The third-order valence-corrected chi connectivity index (χ3v) is 3.14. The minimum absolute atomic E-state index is 0.162. The Hall–Kier alpha value is -1.62. The first-order valence-corrected chi connectivity index (χ1v) is 7.35. The second-order valence-corrected chi connectivity index (χ2v) is 4.91. The van der Waals surface area contributed by atoms with Crippen LogP contribution < -0.4 is 5.32 Å². The molecule has 5 nitrogen and oxygen atoms in total. The number of anilines is 1. The van der Waals surface area contributed by atoms with Crippen molar-refractivity contribution >= 4 is 11.4 Å². The molecule has 20 heavy (non-hydrogen) atoms. The quantitative estimate of drug-likeness (QED) is 0.553. The topological polar surface area (TPSA) is 58.4 Å². The molecule has 0 saturated carbocycles. The third-order valence-electron chi connectivity index (χ3n) is 3.14. The molecule has 0 saturated heterocycles. The van der Waals surface area contributed by atoms with Gasteiger partial charge in [-0.2, -0.15) is 0 Å². The molecule has 0 atom stereocenters. The molecule has 5 heteroatoms. The van der Waals surface area contributed by atoms with Crippen LogP contribution in [0, 0.1) is 10.1 Å². The summed E-state index contributed by atoms with van der Waals surface area (Å²) in [7, 11) is 0. The molecule has 1 aromatic rings. The van der Waals surface area contributed by atoms with Crippen molar-refractivity contribution in [3.8, 4) is 0 Å². The summed E-state index contributed by atoms with van der Waals surface area (Å²) in [5, 5.41) is 14.2. The Balaban J connectivity index is 2.97. The molecule has 0 bridgehead atoms. The summed E-state index contributed by atoms with van der Waals surface area (Å²) in [6.45, 7) is 9.94. The van der Waals surface area contributed by atoms with Crippen LogP contribution in [0.3, 0.4) is 0 Å². The van der Waals surface area contributed by atoms with Gasteiger partial charge in [0.15, 0.2) is 0 Å². The van der Waals surface area contributed by atoms with E-state index in [4.69, 9.17) is 0 Å². The lowest BCUT2D eigenvalue weighted by molar-refractivity contribution is -0.384. The number of nitrogens with one attached hydrogen (secondary N) is 1. The van der Waals surface area contributed by atoms with E-state index in [1.165, 1.54) is 0 Å². The summed E-state index contributed by atoms with van der Waals surface area (Å²) in [5.41, 5.74) is 2.16. The number of nitro groups is 1. The normalized spacial score (nSPS) is 10.8. The van der Waals surface area contributed by atoms with E-state index in [9.17, 15) is 10.1 Å². The van der Waals surface area contributed by atoms with E-state index in [2.05, 4.69) is 24.1 Å². The summed E-state index contributed by atoms with van der Waals surface area (Å²) in [6, 6.07) is 5.06. The molecule has 0 aliphatic heterocycles. The number of hydrogen-bond donors (Lipinski definition) is 1. The lowest BCUT2D eigenvalue weighted by Gasteiger charge is -2.22. The Labute approximate surface area is 121 Å². The fraction of sp³-hybridized carbons (Fsp3) is 0.600. The number of nitrogens with zero attached hydrogens (tertiary/aromatic N) is 2. The fourth-order valence-corrected chi connectivity index (χ4v) is 2.33. The van der Waals surface area contributed by atoms with Crippen molar-refractivity contribution in [2.24, 2.45) is 0 Å². The molecule has 0 aliphatic rings. The maximum Gasteiger partial charge on any atom is 0.269 e. The predicted octanol–water partition coefficient (Wildman–Crippen LogP) is 3.65. The van der Waals surface area contributed by atoms with Crippen LogP contribution in [0.1, 0.15) is 39.2 Å². The van der Waals surface area contributed by atoms with Gasteiger partial charge in [-0.25, -0.2) is 0 Å². The fourth-order valence-electron chi connectivity index (χ4n) is 2.33. The van der Waals surface area contributed by atoms with Crippen molar-refractivity contribution in [2.45, 2.75) is 40.2 Å². The van der Waals surface area contributed by atoms with Crippen LogP contribution in [-0.2, 0) is 6.54 Å². The maximum absolute atomic E-state index is 10.9. The predicted molar refractivity (Wildman–Crippen MR) is 83.1 cm³/mol. The zero-order chi connectivity index (χ0) is 15.0. The van der Waals surface area contributed by atoms with Crippen LogP contribution in [0.15, 0.2) is 18.2 Å². The summed E-state index contributed by atoms with van der Waals surface area (Å²) >= 11 is 0. The Bertz CT molecular complexity index is 429. The van der Waals surface area contributed by atoms with E-state index in [0.717, 1.165) is 50.3 Å². The molecule has 0 heterocycles. The molecule has 0 unspecified atom stereocenters. The first-order valence-electron chi connectivity index (χ1n) is 7.35. The van der Waals surface area contributed by atoms with Crippen LogP contribution in [0.5, 0.6) is 0 Å². The smallest absolute Gasteiger partial charge is 0.269 e. The van der Waals surface area contributed by atoms with E-state index in [1.807, 2.05) is 13.0 Å². The number of nitro benzene ring substituents is 1. The van der Waals surface area contributed by atoms with Gasteiger partial charge in [0.2, 0.25) is 0 Å². The number of rotatable bonds is 9. The highest BCUT2D eigenvalue weighted by Gasteiger charge is 2.13. The minimum atomic E-state index is -0.330. The highest BCUT2D eigenvalue weighted by molar-refractivity contribution is 5.56. The van der Waals surface area contributed by atoms with Crippen molar-refractivity contribution in [3.63, 3.8) is 0 Å². The van der Waals surface area contributed by atoms with Gasteiger partial charge in [0, 0.05) is 30.9 Å². The van der Waals surface area contributed by atoms with E-state index in [1.54, 1.807) is 12.1 Å². The first-order chi connectivity index (χ1) is 9.62. The zero-order valence-corrected chi connectivity index (χ0v) is 12.7. The molecule has 1 aromatic carbocycles. The number of hydrogen-bond acceptors (Lipinski definition) is 4. The number of non-ortho nitro benzene ring substituents is 1. The van der Waals surface area contributed by atoms with Gasteiger partial charge in [-0.15, -0.1) is 0 Å². The molecule has 0 fully saturated rings. The molecule has 0 aliphatic carbocycles. The Morgan fingerprint density at radius 3 is 2.35 bits per heavy atom. The third kappa shape index (κ3) is 4.81. The second kappa shape index (κ2) is 8.53. The van der Waals surface area contributed by atoms with Gasteiger partial charge in [-0.1, -0.05) is 13.8 Å². The van der Waals surface area contributed by atoms with Gasteiger partial charge < -0.3 is 5.32 Å². The Morgan fingerprint density at radius 2 is 1.85 bits per heavy atom. The van der Waals surface area contributed by atoms with E-state index >= 15 is 0 Å². The van der Waals surface area contributed by atoms with Gasteiger partial charge in [0.05, 0.1) is 4.92 Å². The Morgan fingerprint density at radius 1 is 1.20 bits per heavy atom.